The van der Waals surface area contributed by atoms with Crippen molar-refractivity contribution in [1.29, 1.82) is 0 Å². The van der Waals surface area contributed by atoms with Gasteiger partial charge in [0, 0.05) is 24.6 Å². The molecule has 1 amide bonds. The number of aryl methyl sites for hydroxylation is 2. The van der Waals surface area contributed by atoms with Crippen LogP contribution in [-0.4, -0.2) is 17.4 Å². The number of oxazole rings is 1. The van der Waals surface area contributed by atoms with Gasteiger partial charge in [-0.3, -0.25) is 4.79 Å². The number of hydrogen-bond acceptors (Lipinski definition) is 4. The van der Waals surface area contributed by atoms with Crippen LogP contribution < -0.4 is 10.6 Å². The highest BCUT2D eigenvalue weighted by atomic mass is 16.4. The molecular weight excluding hydrogens is 266 g/mol. The van der Waals surface area contributed by atoms with E-state index in [0.29, 0.717) is 18.9 Å². The first kappa shape index (κ1) is 13.7. The van der Waals surface area contributed by atoms with Gasteiger partial charge < -0.3 is 15.1 Å². The predicted octanol–water partition coefficient (Wildman–Crippen LogP) is 2.51. The second-order valence-corrected chi connectivity index (χ2v) is 5.40. The van der Waals surface area contributed by atoms with Crippen LogP contribution >= 0.6 is 0 Å². The topological polar surface area (TPSA) is 67.2 Å². The standard InChI is InChI=1S/C16H19N3O2/c1-10-11(2)21-16(19-10)9-18-15(20)7-12-8-17-14-6-4-3-5-13(12)14/h3-6,12,17H,7-9H2,1-2H3,(H,18,20). The molecule has 2 heterocycles. The van der Waals surface area contributed by atoms with Gasteiger partial charge in [0.1, 0.15) is 5.76 Å². The van der Waals surface area contributed by atoms with Gasteiger partial charge in [-0.05, 0) is 25.5 Å². The Balaban J connectivity index is 1.55. The third-order valence-corrected chi connectivity index (χ3v) is 3.88. The van der Waals surface area contributed by atoms with E-state index in [-0.39, 0.29) is 11.8 Å². The molecule has 110 valence electrons. The number of fused-ring (bicyclic) bond motifs is 1. The van der Waals surface area contributed by atoms with E-state index < -0.39 is 0 Å². The summed E-state index contributed by atoms with van der Waals surface area (Å²) < 4.78 is 5.45. The summed E-state index contributed by atoms with van der Waals surface area (Å²) in [5, 5.41) is 6.20. The maximum Gasteiger partial charge on any atom is 0.221 e. The van der Waals surface area contributed by atoms with E-state index >= 15 is 0 Å². The zero-order valence-corrected chi connectivity index (χ0v) is 12.3. The van der Waals surface area contributed by atoms with Gasteiger partial charge in [-0.25, -0.2) is 4.98 Å². The van der Waals surface area contributed by atoms with E-state index in [4.69, 9.17) is 4.42 Å². The van der Waals surface area contributed by atoms with Gasteiger partial charge in [0.25, 0.3) is 0 Å². The van der Waals surface area contributed by atoms with Crippen molar-refractivity contribution in [2.24, 2.45) is 0 Å². The highest BCUT2D eigenvalue weighted by Gasteiger charge is 2.23. The van der Waals surface area contributed by atoms with E-state index in [1.807, 2.05) is 32.0 Å². The monoisotopic (exact) mass is 285 g/mol. The summed E-state index contributed by atoms with van der Waals surface area (Å²) in [4.78, 5) is 16.3. The van der Waals surface area contributed by atoms with Crippen molar-refractivity contribution in [2.75, 3.05) is 11.9 Å². The molecule has 1 aliphatic heterocycles. The number of benzene rings is 1. The Morgan fingerprint density at radius 1 is 1.43 bits per heavy atom. The molecule has 2 N–H and O–H groups in total. The number of hydrogen-bond donors (Lipinski definition) is 2. The number of anilines is 1. The summed E-state index contributed by atoms with van der Waals surface area (Å²) >= 11 is 0. The second-order valence-electron chi connectivity index (χ2n) is 5.40. The number of nitrogens with zero attached hydrogens (tertiary/aromatic N) is 1. The van der Waals surface area contributed by atoms with Crippen molar-refractivity contribution in [3.8, 4) is 0 Å². The zero-order chi connectivity index (χ0) is 14.8. The molecule has 2 aromatic rings. The third-order valence-electron chi connectivity index (χ3n) is 3.88. The van der Waals surface area contributed by atoms with Crippen LogP contribution in [0.4, 0.5) is 5.69 Å². The zero-order valence-electron chi connectivity index (χ0n) is 12.3. The lowest BCUT2D eigenvalue weighted by molar-refractivity contribution is -0.121. The molecule has 3 rings (SSSR count). The normalized spacial score (nSPS) is 16.4. The highest BCUT2D eigenvalue weighted by molar-refractivity contribution is 5.78. The van der Waals surface area contributed by atoms with Crippen molar-refractivity contribution >= 4 is 11.6 Å². The molecule has 1 aromatic carbocycles. The van der Waals surface area contributed by atoms with Gasteiger partial charge in [0.2, 0.25) is 11.8 Å². The van der Waals surface area contributed by atoms with Gasteiger partial charge in [-0.1, -0.05) is 18.2 Å². The van der Waals surface area contributed by atoms with Crippen LogP contribution in [0.25, 0.3) is 0 Å². The fourth-order valence-corrected chi connectivity index (χ4v) is 2.62. The average Bonchev–Trinajstić information content (AvgIpc) is 3.02. The lowest BCUT2D eigenvalue weighted by atomic mass is 9.98. The predicted molar refractivity (Wildman–Crippen MR) is 80.1 cm³/mol. The number of amides is 1. The highest BCUT2D eigenvalue weighted by Crippen LogP contribution is 2.32. The smallest absolute Gasteiger partial charge is 0.221 e. The van der Waals surface area contributed by atoms with Crippen LogP contribution in [0.1, 0.15) is 35.2 Å². The number of aromatic nitrogens is 1. The van der Waals surface area contributed by atoms with E-state index in [0.717, 1.165) is 23.7 Å². The maximum atomic E-state index is 12.1. The maximum absolute atomic E-state index is 12.1. The summed E-state index contributed by atoms with van der Waals surface area (Å²) in [6.45, 7) is 4.92. The molecule has 5 heteroatoms. The first-order valence-electron chi connectivity index (χ1n) is 7.16. The van der Waals surface area contributed by atoms with E-state index in [1.54, 1.807) is 0 Å². The van der Waals surface area contributed by atoms with Crippen molar-refractivity contribution in [3.05, 3.63) is 47.2 Å². The molecule has 1 unspecified atom stereocenters. The summed E-state index contributed by atoms with van der Waals surface area (Å²) in [5.74, 6) is 1.61. The van der Waals surface area contributed by atoms with Crippen LogP contribution in [0.5, 0.6) is 0 Å². The van der Waals surface area contributed by atoms with Gasteiger partial charge in [0.05, 0.1) is 12.2 Å². The van der Waals surface area contributed by atoms with Gasteiger partial charge in [0.15, 0.2) is 0 Å². The molecule has 0 bridgehead atoms. The molecule has 0 saturated heterocycles. The molecule has 1 aromatic heterocycles. The van der Waals surface area contributed by atoms with Crippen LogP contribution in [0, 0.1) is 13.8 Å². The summed E-state index contributed by atoms with van der Waals surface area (Å²) in [5.41, 5.74) is 3.22. The van der Waals surface area contributed by atoms with Crippen molar-refractivity contribution < 1.29 is 9.21 Å². The molecule has 21 heavy (non-hydrogen) atoms. The Labute approximate surface area is 123 Å². The molecule has 0 aliphatic carbocycles. The molecule has 0 spiro atoms. The first-order valence-corrected chi connectivity index (χ1v) is 7.16. The number of para-hydroxylation sites is 1. The lowest BCUT2D eigenvalue weighted by Crippen LogP contribution is -2.25. The summed E-state index contributed by atoms with van der Waals surface area (Å²) in [6, 6.07) is 8.14. The number of carbonyl (C=O) groups excluding carboxylic acids is 1. The Hall–Kier alpha value is -2.30. The minimum Gasteiger partial charge on any atom is -0.444 e. The van der Waals surface area contributed by atoms with Crippen LogP contribution in [-0.2, 0) is 11.3 Å². The summed E-state index contributed by atoms with van der Waals surface area (Å²) in [6.07, 6.45) is 0.475. The number of nitrogens with one attached hydrogen (secondary N) is 2. The molecule has 0 saturated carbocycles. The van der Waals surface area contributed by atoms with E-state index in [1.165, 1.54) is 5.56 Å². The van der Waals surface area contributed by atoms with Crippen molar-refractivity contribution in [2.45, 2.75) is 32.7 Å². The average molecular weight is 285 g/mol. The molecule has 0 fully saturated rings. The quantitative estimate of drug-likeness (QED) is 0.905. The second kappa shape index (κ2) is 5.60. The first-order chi connectivity index (χ1) is 10.1. The van der Waals surface area contributed by atoms with E-state index in [9.17, 15) is 4.79 Å². The Bertz CT molecular complexity index is 644. The Morgan fingerprint density at radius 2 is 2.24 bits per heavy atom. The molecular formula is C16H19N3O2. The van der Waals surface area contributed by atoms with Gasteiger partial charge >= 0.3 is 0 Å². The molecule has 5 nitrogen and oxygen atoms in total. The Morgan fingerprint density at radius 3 is 3.00 bits per heavy atom. The molecule has 1 aliphatic rings. The largest absolute Gasteiger partial charge is 0.444 e. The minimum absolute atomic E-state index is 0.0204. The SMILES string of the molecule is Cc1nc(CNC(=O)CC2CNc3ccccc32)oc1C. The molecule has 1 atom stereocenters. The minimum atomic E-state index is 0.0204. The fraction of sp³-hybridized carbons (Fsp3) is 0.375. The Kier molecular flexibility index (Phi) is 3.64. The lowest BCUT2D eigenvalue weighted by Gasteiger charge is -2.09. The third kappa shape index (κ3) is 2.91. The van der Waals surface area contributed by atoms with Crippen LogP contribution in [0.2, 0.25) is 0 Å². The fourth-order valence-electron chi connectivity index (χ4n) is 2.62. The molecule has 0 radical (unpaired) electrons. The number of carbonyl (C=O) groups is 1. The van der Waals surface area contributed by atoms with Gasteiger partial charge in [-0.15, -0.1) is 0 Å². The van der Waals surface area contributed by atoms with Crippen molar-refractivity contribution in [1.82, 2.24) is 10.3 Å². The number of rotatable bonds is 4. The van der Waals surface area contributed by atoms with Crippen molar-refractivity contribution in [3.63, 3.8) is 0 Å². The van der Waals surface area contributed by atoms with Crippen LogP contribution in [0.3, 0.4) is 0 Å². The van der Waals surface area contributed by atoms with Crippen LogP contribution in [0.15, 0.2) is 28.7 Å². The van der Waals surface area contributed by atoms with Gasteiger partial charge in [-0.2, -0.15) is 0 Å². The summed E-state index contributed by atoms with van der Waals surface area (Å²) in [7, 11) is 0. The van der Waals surface area contributed by atoms with E-state index in [2.05, 4.69) is 21.7 Å².